The Bertz CT molecular complexity index is 1700. The second-order valence-corrected chi connectivity index (χ2v) is 12.0. The number of carbonyl (C=O) groups is 3. The number of hydrogen-bond acceptors (Lipinski definition) is 12. The van der Waals surface area contributed by atoms with Gasteiger partial charge >= 0.3 is 5.97 Å². The van der Waals surface area contributed by atoms with Gasteiger partial charge in [0.1, 0.15) is 41.2 Å². The summed E-state index contributed by atoms with van der Waals surface area (Å²) in [7, 11) is 0. The van der Waals surface area contributed by atoms with Crippen LogP contribution in [0.15, 0.2) is 54.6 Å². The Kier molecular flexibility index (Phi) is 9.03. The van der Waals surface area contributed by atoms with Gasteiger partial charge in [0.2, 0.25) is 11.8 Å². The highest BCUT2D eigenvalue weighted by atomic mass is 16.7. The molecule has 8 atom stereocenters. The highest BCUT2D eigenvalue weighted by Crippen LogP contribution is 2.44. The van der Waals surface area contributed by atoms with Crippen LogP contribution >= 0.6 is 0 Å². The quantitative estimate of drug-likeness (QED) is 0.184. The number of carboxylic acids is 1. The van der Waals surface area contributed by atoms with E-state index in [0.717, 1.165) is 12.1 Å². The molecule has 12 N–H and O–H groups in total. The van der Waals surface area contributed by atoms with Crippen LogP contribution in [0.5, 0.6) is 23.0 Å². The summed E-state index contributed by atoms with van der Waals surface area (Å²) in [5.74, 6) is -5.28. The number of phenolic OH excluding ortho intramolecular Hbond substituents is 4. The number of aliphatic carboxylic acids is 1. The average molecular weight is 653 g/mol. The van der Waals surface area contributed by atoms with Gasteiger partial charge in [0.05, 0.1) is 12.2 Å². The Balaban J connectivity index is 1.67. The van der Waals surface area contributed by atoms with Crippen LogP contribution < -0.4 is 22.1 Å². The number of rotatable bonds is 5. The lowest BCUT2D eigenvalue weighted by atomic mass is 9.86. The molecule has 2 aliphatic rings. The van der Waals surface area contributed by atoms with Crippen molar-refractivity contribution in [1.29, 1.82) is 0 Å². The van der Waals surface area contributed by atoms with Gasteiger partial charge in [0.15, 0.2) is 12.3 Å². The van der Waals surface area contributed by atoms with Crippen LogP contribution in [0.1, 0.15) is 55.1 Å². The zero-order valence-corrected chi connectivity index (χ0v) is 25.3. The maximum Gasteiger partial charge on any atom is 0.330 e. The number of ether oxygens (including phenoxy) is 2. The predicted octanol–water partition coefficient (Wildman–Crippen LogP) is 0.887. The van der Waals surface area contributed by atoms with Crippen molar-refractivity contribution in [2.45, 2.75) is 68.5 Å². The fraction of sp³-hybridized carbons (Fsp3) is 0.344. The monoisotopic (exact) mass is 652 g/mol. The largest absolute Gasteiger partial charge is 0.508 e. The third-order valence-electron chi connectivity index (χ3n) is 8.41. The zero-order valence-electron chi connectivity index (χ0n) is 25.3. The Labute approximate surface area is 268 Å². The molecule has 15 nitrogen and oxygen atoms in total. The van der Waals surface area contributed by atoms with Crippen molar-refractivity contribution in [2.24, 2.45) is 11.5 Å². The molecule has 0 spiro atoms. The lowest BCUT2D eigenvalue weighted by molar-refractivity contribution is -0.255. The molecule has 3 aromatic rings. The van der Waals surface area contributed by atoms with Gasteiger partial charge in [-0.2, -0.15) is 0 Å². The van der Waals surface area contributed by atoms with Crippen LogP contribution in [0, 0.1) is 0 Å². The van der Waals surface area contributed by atoms with Gasteiger partial charge in [0, 0.05) is 34.7 Å². The number of amides is 2. The summed E-state index contributed by atoms with van der Waals surface area (Å²) >= 11 is 0. The second kappa shape index (κ2) is 12.7. The van der Waals surface area contributed by atoms with Crippen molar-refractivity contribution in [3.05, 3.63) is 71.3 Å². The maximum atomic E-state index is 14.2. The molecule has 2 amide bonds. The molecule has 15 heteroatoms. The molecule has 4 unspecified atom stereocenters. The summed E-state index contributed by atoms with van der Waals surface area (Å²) in [6, 6.07) is 6.13. The first-order valence-corrected chi connectivity index (χ1v) is 14.6. The Morgan fingerprint density at radius 3 is 2.30 bits per heavy atom. The first kappa shape index (κ1) is 33.4. The van der Waals surface area contributed by atoms with E-state index < -0.39 is 83.3 Å². The van der Waals surface area contributed by atoms with Crippen molar-refractivity contribution in [2.75, 3.05) is 0 Å². The van der Waals surface area contributed by atoms with Crippen molar-refractivity contribution in [1.82, 2.24) is 10.6 Å². The van der Waals surface area contributed by atoms with Gasteiger partial charge < -0.3 is 62.2 Å². The third kappa shape index (κ3) is 6.65. The summed E-state index contributed by atoms with van der Waals surface area (Å²) in [6.07, 6.45) is -4.45. The van der Waals surface area contributed by atoms with E-state index in [-0.39, 0.29) is 40.0 Å². The highest BCUT2D eigenvalue weighted by molar-refractivity contribution is 5.95. The van der Waals surface area contributed by atoms with Crippen molar-refractivity contribution < 1.29 is 54.5 Å². The summed E-state index contributed by atoms with van der Waals surface area (Å²) < 4.78 is 12.1. The zero-order chi connectivity index (χ0) is 34.4. The maximum absolute atomic E-state index is 14.2. The second-order valence-electron chi connectivity index (χ2n) is 12.0. The molecule has 47 heavy (non-hydrogen) atoms. The van der Waals surface area contributed by atoms with Crippen LogP contribution in [0.4, 0.5) is 0 Å². The smallest absolute Gasteiger partial charge is 0.330 e. The Morgan fingerprint density at radius 2 is 1.66 bits per heavy atom. The molecule has 0 aromatic heterocycles. The molecular formula is C32H36N4O11. The van der Waals surface area contributed by atoms with E-state index in [1.807, 2.05) is 0 Å². The van der Waals surface area contributed by atoms with Gasteiger partial charge in [0.25, 0.3) is 0 Å². The number of carbonyl (C=O) groups excluding carboxylic acids is 2. The molecule has 250 valence electrons. The molecule has 0 radical (unpaired) electrons. The highest BCUT2D eigenvalue weighted by Gasteiger charge is 2.45. The minimum Gasteiger partial charge on any atom is -0.508 e. The van der Waals surface area contributed by atoms with Gasteiger partial charge in [-0.1, -0.05) is 18.2 Å². The first-order valence-electron chi connectivity index (χ1n) is 14.6. The third-order valence-corrected chi connectivity index (χ3v) is 8.41. The standard InChI is InChI=1S/C32H36N4O11/c1-13-28(41)32(2,34)12-22(46-13)47-27(14-3-6-16(37)7-4-14)26-30(43)35-25(31(44)45)19-10-17(38)11-21(40)23(19)18-9-15(5-8-20(18)39)24(33)29(42)36-26/h3-11,13,22,24-28,37-41H,12,33-34H2,1-2H3,(H,35,43)(H,36,42)(H,44,45)/t13?,22?,24-,25+,26-,27-,28?,32?/m1/s1. The normalized spacial score (nSPS) is 28.5. The van der Waals surface area contributed by atoms with E-state index >= 15 is 0 Å². The average Bonchev–Trinajstić information content (AvgIpc) is 2.99. The molecule has 2 heterocycles. The fourth-order valence-corrected chi connectivity index (χ4v) is 5.91. The molecule has 2 bridgehead atoms. The SMILES string of the molecule is CC1OC(O[C@H](c2ccc(O)cc2)[C@H]2NC(=O)[C@H](N)c3ccc(O)c(c3)-c3c(O)cc(O)cc3[C@@H](C(=O)O)NC2=O)CC(C)(N)C1O. The molecule has 1 saturated heterocycles. The molecule has 1 fully saturated rings. The molecule has 5 rings (SSSR count). The predicted molar refractivity (Wildman–Crippen MR) is 164 cm³/mol. The number of nitrogens with one attached hydrogen (secondary N) is 2. The summed E-state index contributed by atoms with van der Waals surface area (Å²) in [4.78, 5) is 40.6. The van der Waals surface area contributed by atoms with Crippen LogP contribution in [-0.4, -0.2) is 78.5 Å². The van der Waals surface area contributed by atoms with E-state index in [4.69, 9.17) is 20.9 Å². The van der Waals surface area contributed by atoms with Crippen LogP contribution in [0.3, 0.4) is 0 Å². The molecular weight excluding hydrogens is 616 g/mol. The summed E-state index contributed by atoms with van der Waals surface area (Å²) in [5, 5.41) is 67.6. The van der Waals surface area contributed by atoms with Crippen molar-refractivity contribution >= 4 is 17.8 Å². The first-order chi connectivity index (χ1) is 22.1. The van der Waals surface area contributed by atoms with Crippen LogP contribution in [-0.2, 0) is 23.9 Å². The number of aliphatic hydroxyl groups is 1. The number of carboxylic acid groups (broad SMARTS) is 1. The topological polar surface area (TPSA) is 267 Å². The molecule has 2 aliphatic heterocycles. The van der Waals surface area contributed by atoms with E-state index in [9.17, 15) is 45.0 Å². The van der Waals surface area contributed by atoms with Gasteiger partial charge in [-0.05, 0) is 55.3 Å². The Morgan fingerprint density at radius 1 is 0.979 bits per heavy atom. The number of aliphatic hydroxyl groups excluding tert-OH is 1. The molecule has 0 aliphatic carbocycles. The minimum atomic E-state index is -1.94. The van der Waals surface area contributed by atoms with Gasteiger partial charge in [-0.25, -0.2) is 4.79 Å². The van der Waals surface area contributed by atoms with Crippen molar-refractivity contribution in [3.8, 4) is 34.1 Å². The minimum absolute atomic E-state index is 0.0468. The van der Waals surface area contributed by atoms with E-state index in [0.29, 0.717) is 0 Å². The van der Waals surface area contributed by atoms with Gasteiger partial charge in [-0.3, -0.25) is 9.59 Å². The molecule has 3 aromatic carbocycles. The Hall–Kier alpha value is -4.93. The number of benzene rings is 3. The number of hydrogen-bond donors (Lipinski definition) is 10. The van der Waals surface area contributed by atoms with Crippen LogP contribution in [0.25, 0.3) is 11.1 Å². The summed E-state index contributed by atoms with van der Waals surface area (Å²) in [6.45, 7) is 3.17. The number of fused-ring (bicyclic) bond motifs is 4. The van der Waals surface area contributed by atoms with E-state index in [1.165, 1.54) is 42.5 Å². The molecule has 0 saturated carbocycles. The lowest BCUT2D eigenvalue weighted by Crippen LogP contribution is -2.61. The van der Waals surface area contributed by atoms with Crippen LogP contribution in [0.2, 0.25) is 0 Å². The van der Waals surface area contributed by atoms with E-state index in [1.54, 1.807) is 13.8 Å². The summed E-state index contributed by atoms with van der Waals surface area (Å²) in [5.41, 5.74) is 11.2. The van der Waals surface area contributed by atoms with Gasteiger partial charge in [-0.15, -0.1) is 0 Å². The van der Waals surface area contributed by atoms with E-state index in [2.05, 4.69) is 10.6 Å². The number of phenols is 4. The lowest BCUT2D eigenvalue weighted by Gasteiger charge is -2.44. The fourth-order valence-electron chi connectivity index (χ4n) is 5.91. The number of aromatic hydroxyl groups is 4. The van der Waals surface area contributed by atoms with Crippen molar-refractivity contribution in [3.63, 3.8) is 0 Å². The number of nitrogens with two attached hydrogens (primary N) is 2.